The van der Waals surface area contributed by atoms with Crippen molar-refractivity contribution in [3.8, 4) is 5.75 Å². The minimum Gasteiger partial charge on any atom is -0.495 e. The molecular formula is C10H12INO2. The van der Waals surface area contributed by atoms with E-state index in [4.69, 9.17) is 4.74 Å². The van der Waals surface area contributed by atoms with Gasteiger partial charge in [-0.25, -0.2) is 0 Å². The predicted molar refractivity (Wildman–Crippen MR) is 65.1 cm³/mol. The van der Waals surface area contributed by atoms with Crippen molar-refractivity contribution in [3.05, 3.63) is 24.3 Å². The number of carbonyl (C=O) groups excluding carboxylic acids is 1. The van der Waals surface area contributed by atoms with Crippen LogP contribution in [0.25, 0.3) is 0 Å². The molecule has 0 radical (unpaired) electrons. The fourth-order valence-corrected chi connectivity index (χ4v) is 1.14. The molecule has 1 N–H and O–H groups in total. The molecule has 1 amide bonds. The third kappa shape index (κ3) is 2.87. The number of rotatable bonds is 3. The van der Waals surface area contributed by atoms with Gasteiger partial charge in [0, 0.05) is 0 Å². The van der Waals surface area contributed by atoms with Crippen LogP contribution in [0.4, 0.5) is 5.69 Å². The highest BCUT2D eigenvalue weighted by Crippen LogP contribution is 2.23. The molecule has 0 aliphatic heterocycles. The number of halogens is 1. The van der Waals surface area contributed by atoms with Crippen molar-refractivity contribution >= 4 is 34.2 Å². The van der Waals surface area contributed by atoms with Gasteiger partial charge in [0.15, 0.2) is 0 Å². The third-order valence-corrected chi connectivity index (χ3v) is 2.29. The molecule has 0 spiro atoms. The summed E-state index contributed by atoms with van der Waals surface area (Å²) in [6.45, 7) is 1.84. The number of ether oxygens (including phenoxy) is 1. The largest absolute Gasteiger partial charge is 0.495 e. The van der Waals surface area contributed by atoms with Crippen molar-refractivity contribution in [1.29, 1.82) is 0 Å². The lowest BCUT2D eigenvalue weighted by Crippen LogP contribution is -2.20. The second-order valence-electron chi connectivity index (χ2n) is 2.81. The van der Waals surface area contributed by atoms with E-state index in [1.807, 2.05) is 31.2 Å². The van der Waals surface area contributed by atoms with E-state index in [2.05, 4.69) is 27.9 Å². The molecule has 0 aliphatic carbocycles. The minimum atomic E-state index is -0.0579. The first-order valence-corrected chi connectivity index (χ1v) is 5.47. The molecule has 0 aromatic heterocycles. The van der Waals surface area contributed by atoms with Crippen LogP contribution < -0.4 is 10.1 Å². The van der Waals surface area contributed by atoms with Gasteiger partial charge < -0.3 is 10.1 Å². The van der Waals surface area contributed by atoms with Crippen LogP contribution >= 0.6 is 22.6 Å². The highest BCUT2D eigenvalue weighted by atomic mass is 127. The summed E-state index contributed by atoms with van der Waals surface area (Å²) >= 11 is 2.07. The van der Waals surface area contributed by atoms with Gasteiger partial charge in [0.25, 0.3) is 0 Å². The second kappa shape index (κ2) is 5.19. The Morgan fingerprint density at radius 1 is 1.50 bits per heavy atom. The van der Waals surface area contributed by atoms with Crippen LogP contribution in [0.2, 0.25) is 0 Å². The monoisotopic (exact) mass is 305 g/mol. The first kappa shape index (κ1) is 11.3. The Labute approximate surface area is 97.0 Å². The molecule has 0 fully saturated rings. The maximum Gasteiger partial charge on any atom is 0.237 e. The van der Waals surface area contributed by atoms with Crippen molar-refractivity contribution in [2.75, 3.05) is 12.4 Å². The lowest BCUT2D eigenvalue weighted by molar-refractivity contribution is -0.115. The molecule has 14 heavy (non-hydrogen) atoms. The van der Waals surface area contributed by atoms with Gasteiger partial charge in [0.1, 0.15) is 5.75 Å². The number of methoxy groups -OCH3 is 1. The Hall–Kier alpha value is -0.780. The topological polar surface area (TPSA) is 38.3 Å². The van der Waals surface area contributed by atoms with E-state index >= 15 is 0 Å². The van der Waals surface area contributed by atoms with Gasteiger partial charge in [-0.05, 0) is 19.1 Å². The van der Waals surface area contributed by atoms with Crippen LogP contribution in [0.1, 0.15) is 6.92 Å². The van der Waals surface area contributed by atoms with E-state index in [-0.39, 0.29) is 9.83 Å². The van der Waals surface area contributed by atoms with Gasteiger partial charge in [-0.3, -0.25) is 4.79 Å². The summed E-state index contributed by atoms with van der Waals surface area (Å²) in [5.74, 6) is 0.660. The van der Waals surface area contributed by atoms with Crippen molar-refractivity contribution in [2.24, 2.45) is 0 Å². The van der Waals surface area contributed by atoms with E-state index in [0.717, 1.165) is 0 Å². The smallest absolute Gasteiger partial charge is 0.237 e. The van der Waals surface area contributed by atoms with E-state index < -0.39 is 0 Å². The molecule has 0 bridgehead atoms. The van der Waals surface area contributed by atoms with Gasteiger partial charge >= 0.3 is 0 Å². The number of carbonyl (C=O) groups is 1. The van der Waals surface area contributed by atoms with Crippen LogP contribution in [0, 0.1) is 0 Å². The van der Waals surface area contributed by atoms with Crippen LogP contribution in [0.3, 0.4) is 0 Å². The number of hydrogen-bond acceptors (Lipinski definition) is 2. The van der Waals surface area contributed by atoms with E-state index in [1.54, 1.807) is 7.11 Å². The van der Waals surface area contributed by atoms with E-state index in [9.17, 15) is 4.79 Å². The molecule has 3 nitrogen and oxygen atoms in total. The van der Waals surface area contributed by atoms with Crippen molar-refractivity contribution in [2.45, 2.75) is 10.8 Å². The molecule has 1 aromatic carbocycles. The first-order valence-electron chi connectivity index (χ1n) is 4.23. The summed E-state index contributed by atoms with van der Waals surface area (Å²) in [6, 6.07) is 7.35. The fourth-order valence-electron chi connectivity index (χ4n) is 0.980. The van der Waals surface area contributed by atoms with Crippen LogP contribution in [0.5, 0.6) is 5.75 Å². The molecule has 0 aliphatic rings. The van der Waals surface area contributed by atoms with Crippen LogP contribution in [-0.2, 0) is 4.79 Å². The fraction of sp³-hybridized carbons (Fsp3) is 0.300. The number of nitrogens with one attached hydrogen (secondary N) is 1. The van der Waals surface area contributed by atoms with Crippen LogP contribution in [-0.4, -0.2) is 16.9 Å². The number of anilines is 1. The zero-order valence-electron chi connectivity index (χ0n) is 8.08. The quantitative estimate of drug-likeness (QED) is 0.688. The number of hydrogen-bond donors (Lipinski definition) is 1. The van der Waals surface area contributed by atoms with Gasteiger partial charge in [-0.2, -0.15) is 0 Å². The molecule has 1 unspecified atom stereocenters. The van der Waals surface area contributed by atoms with Crippen molar-refractivity contribution < 1.29 is 9.53 Å². The van der Waals surface area contributed by atoms with Gasteiger partial charge in [-0.15, -0.1) is 0 Å². The van der Waals surface area contributed by atoms with Gasteiger partial charge in [0.2, 0.25) is 5.91 Å². The molecule has 76 valence electrons. The number of amides is 1. The molecule has 1 rings (SSSR count). The van der Waals surface area contributed by atoms with Gasteiger partial charge in [-0.1, -0.05) is 34.7 Å². The van der Waals surface area contributed by atoms with E-state index in [0.29, 0.717) is 11.4 Å². The summed E-state index contributed by atoms with van der Waals surface area (Å²) in [5, 5.41) is 2.79. The van der Waals surface area contributed by atoms with Crippen molar-refractivity contribution in [1.82, 2.24) is 0 Å². The normalized spacial score (nSPS) is 11.9. The Balaban J connectivity index is 2.80. The molecule has 0 heterocycles. The second-order valence-corrected chi connectivity index (χ2v) is 4.67. The standard InChI is InChI=1S/C10H12INO2/c1-7(11)10(13)12-8-5-3-4-6-9(8)14-2/h3-7H,1-2H3,(H,12,13). The molecule has 0 saturated heterocycles. The van der Waals surface area contributed by atoms with Gasteiger partial charge in [0.05, 0.1) is 16.7 Å². The zero-order valence-corrected chi connectivity index (χ0v) is 10.2. The zero-order chi connectivity index (χ0) is 10.6. The Kier molecular flexibility index (Phi) is 4.19. The molecule has 1 aromatic rings. The predicted octanol–water partition coefficient (Wildman–Crippen LogP) is 2.46. The highest BCUT2D eigenvalue weighted by molar-refractivity contribution is 14.1. The highest BCUT2D eigenvalue weighted by Gasteiger charge is 2.10. The summed E-state index contributed by atoms with van der Waals surface area (Å²) in [6.07, 6.45) is 0. The first-order chi connectivity index (χ1) is 6.65. The average Bonchev–Trinajstić information content (AvgIpc) is 2.18. The van der Waals surface area contributed by atoms with Crippen LogP contribution in [0.15, 0.2) is 24.3 Å². The third-order valence-electron chi connectivity index (χ3n) is 1.73. The maximum absolute atomic E-state index is 11.4. The molecule has 4 heteroatoms. The number of para-hydroxylation sites is 2. The molecular weight excluding hydrogens is 293 g/mol. The molecule has 1 atom stereocenters. The lowest BCUT2D eigenvalue weighted by Gasteiger charge is -2.10. The summed E-state index contributed by atoms with van der Waals surface area (Å²) < 4.78 is 5.05. The Morgan fingerprint density at radius 2 is 2.14 bits per heavy atom. The Morgan fingerprint density at radius 3 is 2.71 bits per heavy atom. The Bertz CT molecular complexity index is 326. The number of alkyl halides is 1. The lowest BCUT2D eigenvalue weighted by atomic mass is 10.3. The number of benzene rings is 1. The average molecular weight is 305 g/mol. The van der Waals surface area contributed by atoms with E-state index in [1.165, 1.54) is 0 Å². The molecule has 0 saturated carbocycles. The van der Waals surface area contributed by atoms with Crippen molar-refractivity contribution in [3.63, 3.8) is 0 Å². The minimum absolute atomic E-state index is 0.0184. The summed E-state index contributed by atoms with van der Waals surface area (Å²) in [4.78, 5) is 11.4. The summed E-state index contributed by atoms with van der Waals surface area (Å²) in [7, 11) is 1.58. The summed E-state index contributed by atoms with van der Waals surface area (Å²) in [5.41, 5.74) is 0.712. The SMILES string of the molecule is COc1ccccc1NC(=O)C(C)I. The maximum atomic E-state index is 11.4.